The van der Waals surface area contributed by atoms with Crippen molar-refractivity contribution in [2.24, 2.45) is 5.41 Å². The molecule has 0 aromatic rings. The van der Waals surface area contributed by atoms with Crippen LogP contribution < -0.4 is 0 Å². The molecule has 2 bridgehead atoms. The van der Waals surface area contributed by atoms with Gasteiger partial charge in [0, 0.05) is 0 Å². The molecule has 0 radical (unpaired) electrons. The van der Waals surface area contributed by atoms with E-state index < -0.39 is 22.8 Å². The monoisotopic (exact) mass is 237 g/mol. The van der Waals surface area contributed by atoms with Crippen LogP contribution in [0.5, 0.6) is 0 Å². The van der Waals surface area contributed by atoms with Gasteiger partial charge in [0.2, 0.25) is 0 Å². The van der Waals surface area contributed by atoms with E-state index in [9.17, 15) is 0 Å². The van der Waals surface area contributed by atoms with Crippen LogP contribution in [0.25, 0.3) is 0 Å². The summed E-state index contributed by atoms with van der Waals surface area (Å²) in [5.41, 5.74) is 0.649. The summed E-state index contributed by atoms with van der Waals surface area (Å²) in [5.74, 6) is 0. The maximum absolute atomic E-state index is 4.42. The third-order valence-electron chi connectivity index (χ3n) is 3.36. The first-order valence-electron chi connectivity index (χ1n) is 5.00. The summed E-state index contributed by atoms with van der Waals surface area (Å²) in [6, 6.07) is 0. The molecule has 3 fully saturated rings. The van der Waals surface area contributed by atoms with Crippen molar-refractivity contribution >= 4 is 35.4 Å². The van der Waals surface area contributed by atoms with Gasteiger partial charge in [0.15, 0.2) is 0 Å². The van der Waals surface area contributed by atoms with Gasteiger partial charge in [-0.2, -0.15) is 0 Å². The van der Waals surface area contributed by atoms with Gasteiger partial charge in [0.1, 0.15) is 0 Å². The quantitative estimate of drug-likeness (QED) is 0.585. The van der Waals surface area contributed by atoms with Crippen LogP contribution >= 0.6 is 22.8 Å². The van der Waals surface area contributed by atoms with Crippen molar-refractivity contribution in [3.8, 4) is 0 Å². The number of hydrogen-bond donors (Lipinski definition) is 0. The second-order valence-electron chi connectivity index (χ2n) is 5.62. The Bertz CT molecular complexity index is 274. The Morgan fingerprint density at radius 1 is 1.23 bits per heavy atom. The first kappa shape index (κ1) is 10.5. The molecule has 0 aliphatic carbocycles. The van der Waals surface area contributed by atoms with Crippen LogP contribution in [0, 0.1) is 5.41 Å². The van der Waals surface area contributed by atoms with Crippen LogP contribution in [0.15, 0.2) is 0 Å². The van der Waals surface area contributed by atoms with Crippen molar-refractivity contribution in [2.75, 3.05) is 31.8 Å². The average Bonchev–Trinajstić information content (AvgIpc) is 1.75. The Hall–Kier alpha value is 0.990. The van der Waals surface area contributed by atoms with Crippen molar-refractivity contribution in [2.45, 2.75) is 6.92 Å². The second kappa shape index (κ2) is 2.99. The number of nitrogens with zero attached hydrogens (tertiary/aromatic N) is 1. The van der Waals surface area contributed by atoms with Gasteiger partial charge in [-0.25, -0.2) is 0 Å². The number of rotatable bonds is 0. The maximum atomic E-state index is 4.42. The first-order chi connectivity index (χ1) is 5.84. The Kier molecular flexibility index (Phi) is 2.42. The van der Waals surface area contributed by atoms with E-state index in [1.165, 1.54) is 18.5 Å². The first-order valence-corrected chi connectivity index (χ1v) is 11.9. The Labute approximate surface area is 84.2 Å². The SMILES string of the molecule is C=[PH]1CC2(C)C[PH](=C)N1[PH](C)(C)C2. The Balaban J connectivity index is 2.45. The van der Waals surface area contributed by atoms with Gasteiger partial charge in [-0.3, -0.25) is 0 Å². The summed E-state index contributed by atoms with van der Waals surface area (Å²) in [6.07, 6.45) is 13.2. The van der Waals surface area contributed by atoms with E-state index in [1.807, 2.05) is 0 Å². The number of hydrogen-bond acceptors (Lipinski definition) is 1. The van der Waals surface area contributed by atoms with Gasteiger partial charge in [-0.15, -0.1) is 0 Å². The normalized spacial score (nSPS) is 56.1. The van der Waals surface area contributed by atoms with Crippen LogP contribution in [-0.4, -0.2) is 48.6 Å². The molecular weight excluding hydrogens is 215 g/mol. The van der Waals surface area contributed by atoms with Crippen LogP contribution in [0.4, 0.5) is 0 Å². The van der Waals surface area contributed by atoms with Crippen LogP contribution in [0.1, 0.15) is 6.92 Å². The molecule has 3 aliphatic heterocycles. The predicted octanol–water partition coefficient (Wildman–Crippen LogP) is 2.37. The molecule has 0 aromatic carbocycles. The third-order valence-corrected chi connectivity index (χ3v) is 17.5. The molecule has 0 amide bonds. The van der Waals surface area contributed by atoms with E-state index >= 15 is 0 Å². The fourth-order valence-corrected chi connectivity index (χ4v) is 19.6. The fourth-order valence-electron chi connectivity index (χ4n) is 3.53. The van der Waals surface area contributed by atoms with Gasteiger partial charge >= 0.3 is 83.8 Å². The third kappa shape index (κ3) is 1.63. The molecule has 13 heavy (non-hydrogen) atoms. The zero-order valence-corrected chi connectivity index (χ0v) is 12.0. The summed E-state index contributed by atoms with van der Waals surface area (Å²) in [4.78, 5) is 0. The standard InChI is InChI=1S/C9H22NP3/c1-9-6-11(2)10(12(3)7-9)13(4,5)8-9/h11-13H,2-3,6-8H2,1,4-5H3. The zero-order chi connectivity index (χ0) is 9.85. The van der Waals surface area contributed by atoms with Crippen LogP contribution in [0.3, 0.4) is 0 Å². The molecule has 0 spiro atoms. The molecule has 0 aromatic heterocycles. The molecule has 3 heterocycles. The predicted molar refractivity (Wildman–Crippen MR) is 75.6 cm³/mol. The molecular formula is C9H22NP3. The summed E-state index contributed by atoms with van der Waals surface area (Å²) >= 11 is 0. The van der Waals surface area contributed by atoms with Gasteiger partial charge < -0.3 is 0 Å². The van der Waals surface area contributed by atoms with Crippen molar-refractivity contribution in [1.29, 1.82) is 0 Å². The average molecular weight is 237 g/mol. The summed E-state index contributed by atoms with van der Waals surface area (Å²) in [6.45, 7) is 7.54. The van der Waals surface area contributed by atoms with Gasteiger partial charge in [0.25, 0.3) is 0 Å². The van der Waals surface area contributed by atoms with Crippen molar-refractivity contribution in [1.82, 2.24) is 4.21 Å². The topological polar surface area (TPSA) is 3.24 Å². The van der Waals surface area contributed by atoms with Crippen LogP contribution in [0.2, 0.25) is 0 Å². The number of fused-ring (bicyclic) bond motifs is 3. The van der Waals surface area contributed by atoms with E-state index in [1.54, 1.807) is 0 Å². The van der Waals surface area contributed by atoms with E-state index in [4.69, 9.17) is 0 Å². The van der Waals surface area contributed by atoms with E-state index in [0.717, 1.165) is 0 Å². The van der Waals surface area contributed by atoms with Gasteiger partial charge in [0.05, 0.1) is 0 Å². The summed E-state index contributed by atoms with van der Waals surface area (Å²) in [7, 11) is -1.91. The molecule has 1 nitrogen and oxygen atoms in total. The molecule has 2 atom stereocenters. The molecule has 2 unspecified atom stereocenters. The fraction of sp³-hybridized carbons (Fsp3) is 0.778. The molecule has 4 heteroatoms. The molecule has 3 rings (SSSR count). The molecule has 3 aliphatic rings. The van der Waals surface area contributed by atoms with E-state index in [-0.39, 0.29) is 0 Å². The summed E-state index contributed by atoms with van der Waals surface area (Å²) in [5, 5.41) is 0. The van der Waals surface area contributed by atoms with E-state index in [0.29, 0.717) is 5.41 Å². The van der Waals surface area contributed by atoms with Crippen molar-refractivity contribution in [3.05, 3.63) is 0 Å². The minimum absolute atomic E-state index is 0.418. The molecule has 0 N–H and O–H groups in total. The molecule has 78 valence electrons. The summed E-state index contributed by atoms with van der Waals surface area (Å²) < 4.78 is 2.85. The van der Waals surface area contributed by atoms with Crippen LogP contribution in [-0.2, 0) is 0 Å². The van der Waals surface area contributed by atoms with Gasteiger partial charge in [-0.1, -0.05) is 0 Å². The second-order valence-corrected chi connectivity index (χ2v) is 15.3. The Morgan fingerprint density at radius 2 is 1.69 bits per heavy atom. The minimum atomic E-state index is -1.07. The molecule has 0 saturated carbocycles. The van der Waals surface area contributed by atoms with Crippen molar-refractivity contribution in [3.63, 3.8) is 0 Å². The zero-order valence-electron chi connectivity index (χ0n) is 8.98. The Morgan fingerprint density at radius 3 is 2.00 bits per heavy atom. The molecule has 3 saturated heterocycles. The van der Waals surface area contributed by atoms with Crippen molar-refractivity contribution < 1.29 is 0 Å². The van der Waals surface area contributed by atoms with Gasteiger partial charge in [-0.05, 0) is 0 Å². The van der Waals surface area contributed by atoms with E-state index in [2.05, 4.69) is 37.1 Å².